The van der Waals surface area contributed by atoms with Gasteiger partial charge in [0, 0.05) is 25.7 Å². The van der Waals surface area contributed by atoms with E-state index in [1.54, 1.807) is 7.11 Å². The summed E-state index contributed by atoms with van der Waals surface area (Å²) in [5.41, 5.74) is 0.246. The zero-order chi connectivity index (χ0) is 9.90. The van der Waals surface area contributed by atoms with Crippen LogP contribution in [0.4, 0.5) is 0 Å². The lowest BCUT2D eigenvalue weighted by atomic mass is 10.0. The van der Waals surface area contributed by atoms with E-state index in [9.17, 15) is 0 Å². The summed E-state index contributed by atoms with van der Waals surface area (Å²) in [5.74, 6) is 0. The van der Waals surface area contributed by atoms with Crippen LogP contribution in [0.15, 0.2) is 0 Å². The highest BCUT2D eigenvalue weighted by atomic mass is 16.5. The third-order valence-corrected chi connectivity index (χ3v) is 2.44. The first-order chi connectivity index (χ1) is 6.04. The van der Waals surface area contributed by atoms with Crippen LogP contribution >= 0.6 is 0 Å². The molecule has 0 aromatic heterocycles. The second-order valence-electron chi connectivity index (χ2n) is 4.56. The quantitative estimate of drug-likeness (QED) is 0.647. The lowest BCUT2D eigenvalue weighted by Crippen LogP contribution is -2.52. The monoisotopic (exact) mass is 187 g/mol. The molecule has 0 radical (unpaired) electrons. The average molecular weight is 187 g/mol. The molecule has 0 aromatic rings. The van der Waals surface area contributed by atoms with Crippen molar-refractivity contribution in [2.45, 2.75) is 32.4 Å². The van der Waals surface area contributed by atoms with Crippen LogP contribution in [0, 0.1) is 0 Å². The second-order valence-corrected chi connectivity index (χ2v) is 4.56. The van der Waals surface area contributed by atoms with E-state index in [1.165, 1.54) is 0 Å². The van der Waals surface area contributed by atoms with Gasteiger partial charge < -0.3 is 9.47 Å². The molecule has 1 aliphatic heterocycles. The van der Waals surface area contributed by atoms with Gasteiger partial charge >= 0.3 is 0 Å². The van der Waals surface area contributed by atoms with Crippen molar-refractivity contribution in [2.75, 3.05) is 33.4 Å². The van der Waals surface area contributed by atoms with Crippen molar-refractivity contribution >= 4 is 0 Å². The molecular weight excluding hydrogens is 166 g/mol. The summed E-state index contributed by atoms with van der Waals surface area (Å²) >= 11 is 0. The molecule has 0 aromatic carbocycles. The standard InChI is InChI=1S/C10H21NO2/c1-10(2,3)11-5-6-13-9(7-11)8-12-4/h9H,5-8H2,1-4H3/t9-/m1/s1. The Labute approximate surface area is 81.0 Å². The van der Waals surface area contributed by atoms with Crippen molar-refractivity contribution in [1.29, 1.82) is 0 Å². The lowest BCUT2D eigenvalue weighted by Gasteiger charge is -2.41. The fraction of sp³-hybridized carbons (Fsp3) is 1.00. The molecule has 0 unspecified atom stereocenters. The van der Waals surface area contributed by atoms with E-state index in [0.29, 0.717) is 6.61 Å². The third kappa shape index (κ3) is 3.25. The Balaban J connectivity index is 2.42. The molecule has 1 aliphatic rings. The normalized spacial score (nSPS) is 26.3. The van der Waals surface area contributed by atoms with E-state index >= 15 is 0 Å². The number of hydrogen-bond donors (Lipinski definition) is 0. The Hall–Kier alpha value is -0.120. The Kier molecular flexibility index (Phi) is 3.71. The smallest absolute Gasteiger partial charge is 0.0935 e. The van der Waals surface area contributed by atoms with E-state index in [4.69, 9.17) is 9.47 Å². The van der Waals surface area contributed by atoms with Gasteiger partial charge in [0.2, 0.25) is 0 Å². The van der Waals surface area contributed by atoms with E-state index in [2.05, 4.69) is 25.7 Å². The summed E-state index contributed by atoms with van der Waals surface area (Å²) in [7, 11) is 1.72. The molecular formula is C10H21NO2. The minimum atomic E-state index is 0.246. The van der Waals surface area contributed by atoms with Gasteiger partial charge in [0.1, 0.15) is 0 Å². The van der Waals surface area contributed by atoms with Crippen LogP contribution < -0.4 is 0 Å². The van der Waals surface area contributed by atoms with Crippen LogP contribution in [0.25, 0.3) is 0 Å². The minimum Gasteiger partial charge on any atom is -0.382 e. The van der Waals surface area contributed by atoms with Crippen molar-refractivity contribution in [3.8, 4) is 0 Å². The van der Waals surface area contributed by atoms with Gasteiger partial charge in [-0.1, -0.05) is 0 Å². The summed E-state index contributed by atoms with van der Waals surface area (Å²) in [4.78, 5) is 2.44. The molecule has 0 bridgehead atoms. The van der Waals surface area contributed by atoms with Crippen LogP contribution in [0.3, 0.4) is 0 Å². The van der Waals surface area contributed by atoms with Gasteiger partial charge in [-0.15, -0.1) is 0 Å². The summed E-state index contributed by atoms with van der Waals surface area (Å²) in [6.45, 7) is 10.3. The Morgan fingerprint density at radius 2 is 2.15 bits per heavy atom. The Bertz CT molecular complexity index is 151. The molecule has 0 spiro atoms. The minimum absolute atomic E-state index is 0.246. The molecule has 1 atom stereocenters. The number of methoxy groups -OCH3 is 1. The van der Waals surface area contributed by atoms with Gasteiger partial charge in [0.15, 0.2) is 0 Å². The maximum atomic E-state index is 5.58. The van der Waals surface area contributed by atoms with E-state index < -0.39 is 0 Å². The van der Waals surface area contributed by atoms with E-state index in [1.807, 2.05) is 0 Å². The van der Waals surface area contributed by atoms with Gasteiger partial charge in [0.25, 0.3) is 0 Å². The predicted octanol–water partition coefficient (Wildman–Crippen LogP) is 1.13. The topological polar surface area (TPSA) is 21.7 Å². The van der Waals surface area contributed by atoms with Gasteiger partial charge in [-0.2, -0.15) is 0 Å². The molecule has 0 N–H and O–H groups in total. The van der Waals surface area contributed by atoms with Crippen LogP contribution in [-0.2, 0) is 9.47 Å². The van der Waals surface area contributed by atoms with Crippen molar-refractivity contribution in [3.05, 3.63) is 0 Å². The SMILES string of the molecule is COC[C@H]1CN(C(C)(C)C)CCO1. The highest BCUT2D eigenvalue weighted by Gasteiger charge is 2.27. The van der Waals surface area contributed by atoms with E-state index in [-0.39, 0.29) is 11.6 Å². The largest absolute Gasteiger partial charge is 0.382 e. The summed E-state index contributed by atoms with van der Waals surface area (Å²) in [6.07, 6.45) is 0.248. The first-order valence-corrected chi connectivity index (χ1v) is 4.89. The van der Waals surface area contributed by atoms with Crippen molar-refractivity contribution in [2.24, 2.45) is 0 Å². The highest BCUT2D eigenvalue weighted by Crippen LogP contribution is 2.17. The highest BCUT2D eigenvalue weighted by molar-refractivity contribution is 4.81. The maximum absolute atomic E-state index is 5.58. The van der Waals surface area contributed by atoms with Crippen LogP contribution in [-0.4, -0.2) is 50.0 Å². The molecule has 13 heavy (non-hydrogen) atoms. The summed E-state index contributed by atoms with van der Waals surface area (Å²) in [6, 6.07) is 0. The summed E-state index contributed by atoms with van der Waals surface area (Å²) in [5, 5.41) is 0. The molecule has 3 nitrogen and oxygen atoms in total. The van der Waals surface area contributed by atoms with Gasteiger partial charge in [-0.3, -0.25) is 4.90 Å². The lowest BCUT2D eigenvalue weighted by molar-refractivity contribution is -0.0829. The second kappa shape index (κ2) is 4.40. The van der Waals surface area contributed by atoms with E-state index in [0.717, 1.165) is 19.7 Å². The number of morpholine rings is 1. The molecule has 0 amide bonds. The van der Waals surface area contributed by atoms with Crippen molar-refractivity contribution in [1.82, 2.24) is 4.90 Å². The molecule has 0 saturated carbocycles. The molecule has 1 rings (SSSR count). The summed E-state index contributed by atoms with van der Waals surface area (Å²) < 4.78 is 10.7. The molecule has 0 aliphatic carbocycles. The van der Waals surface area contributed by atoms with Gasteiger partial charge in [-0.05, 0) is 20.8 Å². The molecule has 78 valence electrons. The number of rotatable bonds is 2. The molecule has 1 heterocycles. The van der Waals surface area contributed by atoms with Crippen LogP contribution in [0.1, 0.15) is 20.8 Å². The average Bonchev–Trinajstić information content (AvgIpc) is 2.04. The molecule has 1 fully saturated rings. The Morgan fingerprint density at radius 3 is 2.69 bits per heavy atom. The van der Waals surface area contributed by atoms with Gasteiger partial charge in [-0.25, -0.2) is 0 Å². The van der Waals surface area contributed by atoms with Gasteiger partial charge in [0.05, 0.1) is 19.3 Å². The zero-order valence-electron chi connectivity index (χ0n) is 9.17. The fourth-order valence-electron chi connectivity index (χ4n) is 1.62. The first-order valence-electron chi connectivity index (χ1n) is 4.89. The number of ether oxygens (including phenoxy) is 2. The maximum Gasteiger partial charge on any atom is 0.0935 e. The Morgan fingerprint density at radius 1 is 1.46 bits per heavy atom. The molecule has 1 saturated heterocycles. The molecule has 3 heteroatoms. The first kappa shape index (κ1) is 11.0. The van der Waals surface area contributed by atoms with Crippen molar-refractivity contribution in [3.63, 3.8) is 0 Å². The third-order valence-electron chi connectivity index (χ3n) is 2.44. The zero-order valence-corrected chi connectivity index (χ0v) is 9.17. The number of hydrogen-bond acceptors (Lipinski definition) is 3. The number of nitrogens with zero attached hydrogens (tertiary/aromatic N) is 1. The predicted molar refractivity (Wildman–Crippen MR) is 52.9 cm³/mol. The fourth-order valence-corrected chi connectivity index (χ4v) is 1.62. The van der Waals surface area contributed by atoms with Crippen molar-refractivity contribution < 1.29 is 9.47 Å². The van der Waals surface area contributed by atoms with Crippen LogP contribution in [0.5, 0.6) is 0 Å². The van der Waals surface area contributed by atoms with Crippen LogP contribution in [0.2, 0.25) is 0 Å².